The maximum Gasteiger partial charge on any atom is 0.261 e. The van der Waals surface area contributed by atoms with Gasteiger partial charge in [0.1, 0.15) is 17.1 Å². The van der Waals surface area contributed by atoms with E-state index in [1.54, 1.807) is 32.7 Å². The summed E-state index contributed by atoms with van der Waals surface area (Å²) in [7, 11) is 5.06. The average Bonchev–Trinajstić information content (AvgIpc) is 2.94. The Hall–Kier alpha value is -2.50. The minimum atomic E-state index is -0.0823. The first-order chi connectivity index (χ1) is 10.7. The van der Waals surface area contributed by atoms with E-state index in [1.165, 1.54) is 0 Å². The molecule has 2 aromatic rings. The quantitative estimate of drug-likeness (QED) is 0.865. The summed E-state index contributed by atoms with van der Waals surface area (Å²) in [6.45, 7) is 1.19. The molecule has 0 N–H and O–H groups in total. The zero-order valence-electron chi connectivity index (χ0n) is 13.0. The molecule has 6 nitrogen and oxygen atoms in total. The molecule has 22 heavy (non-hydrogen) atoms. The van der Waals surface area contributed by atoms with Gasteiger partial charge in [0.15, 0.2) is 0 Å². The number of benzene rings is 1. The van der Waals surface area contributed by atoms with Gasteiger partial charge in [-0.2, -0.15) is 0 Å². The largest absolute Gasteiger partial charge is 0.496 e. The molecule has 0 saturated carbocycles. The SMILES string of the molecule is COc1cccc(OC)c1C(=O)N1CCc2ncn(C)c2C1. The van der Waals surface area contributed by atoms with E-state index < -0.39 is 0 Å². The summed E-state index contributed by atoms with van der Waals surface area (Å²) in [4.78, 5) is 19.1. The number of ether oxygens (including phenoxy) is 2. The van der Waals surface area contributed by atoms with Crippen LogP contribution in [0.3, 0.4) is 0 Å². The number of fused-ring (bicyclic) bond motifs is 1. The van der Waals surface area contributed by atoms with Gasteiger partial charge in [0.05, 0.1) is 38.5 Å². The van der Waals surface area contributed by atoms with Crippen LogP contribution in [0.1, 0.15) is 21.7 Å². The number of imidazole rings is 1. The van der Waals surface area contributed by atoms with Gasteiger partial charge in [-0.15, -0.1) is 0 Å². The summed E-state index contributed by atoms with van der Waals surface area (Å²) in [5.41, 5.74) is 2.62. The highest BCUT2D eigenvalue weighted by molar-refractivity contribution is 5.99. The summed E-state index contributed by atoms with van der Waals surface area (Å²) in [6, 6.07) is 5.36. The van der Waals surface area contributed by atoms with Crippen molar-refractivity contribution >= 4 is 5.91 Å². The summed E-state index contributed by atoms with van der Waals surface area (Å²) in [6.07, 6.45) is 2.56. The summed E-state index contributed by atoms with van der Waals surface area (Å²) < 4.78 is 12.6. The number of amides is 1. The van der Waals surface area contributed by atoms with Crippen LogP contribution in [0.2, 0.25) is 0 Å². The molecule has 1 aliphatic rings. The Morgan fingerprint density at radius 1 is 1.23 bits per heavy atom. The smallest absolute Gasteiger partial charge is 0.261 e. The fourth-order valence-electron chi connectivity index (χ4n) is 2.81. The number of carbonyl (C=O) groups is 1. The number of hydrogen-bond acceptors (Lipinski definition) is 4. The third-order valence-corrected chi connectivity index (χ3v) is 4.03. The Bertz CT molecular complexity index is 686. The topological polar surface area (TPSA) is 56.6 Å². The highest BCUT2D eigenvalue weighted by Crippen LogP contribution is 2.31. The van der Waals surface area contributed by atoms with E-state index in [0.29, 0.717) is 30.2 Å². The predicted octanol–water partition coefficient (Wildman–Crippen LogP) is 1.64. The fraction of sp³-hybridized carbons (Fsp3) is 0.375. The van der Waals surface area contributed by atoms with Crippen LogP contribution >= 0.6 is 0 Å². The second-order valence-electron chi connectivity index (χ2n) is 5.26. The number of rotatable bonds is 3. The van der Waals surface area contributed by atoms with Crippen molar-refractivity contribution in [2.24, 2.45) is 7.05 Å². The highest BCUT2D eigenvalue weighted by atomic mass is 16.5. The van der Waals surface area contributed by atoms with Crippen molar-refractivity contribution in [3.63, 3.8) is 0 Å². The predicted molar refractivity (Wildman–Crippen MR) is 81.2 cm³/mol. The van der Waals surface area contributed by atoms with Gasteiger partial charge >= 0.3 is 0 Å². The van der Waals surface area contributed by atoms with E-state index in [2.05, 4.69) is 4.98 Å². The molecule has 0 unspecified atom stereocenters. The van der Waals surface area contributed by atoms with Crippen LogP contribution in [-0.2, 0) is 20.0 Å². The van der Waals surface area contributed by atoms with E-state index in [0.717, 1.165) is 17.8 Å². The van der Waals surface area contributed by atoms with Crippen LogP contribution in [-0.4, -0.2) is 41.1 Å². The first kappa shape index (κ1) is 14.4. The summed E-state index contributed by atoms with van der Waals surface area (Å²) >= 11 is 0. The Labute approximate surface area is 129 Å². The maximum absolute atomic E-state index is 12.9. The van der Waals surface area contributed by atoms with Gasteiger partial charge in [-0.25, -0.2) is 4.98 Å². The average molecular weight is 301 g/mol. The number of hydrogen-bond donors (Lipinski definition) is 0. The van der Waals surface area contributed by atoms with Crippen LogP contribution in [0.25, 0.3) is 0 Å². The third-order valence-electron chi connectivity index (χ3n) is 4.03. The molecule has 0 aliphatic carbocycles. The Balaban J connectivity index is 1.94. The molecule has 0 radical (unpaired) electrons. The molecule has 116 valence electrons. The molecule has 1 amide bonds. The van der Waals surface area contributed by atoms with Crippen molar-refractivity contribution in [1.82, 2.24) is 14.5 Å². The number of methoxy groups -OCH3 is 2. The molecule has 0 bridgehead atoms. The van der Waals surface area contributed by atoms with Crippen molar-refractivity contribution in [2.45, 2.75) is 13.0 Å². The van der Waals surface area contributed by atoms with E-state index in [4.69, 9.17) is 9.47 Å². The minimum Gasteiger partial charge on any atom is -0.496 e. The lowest BCUT2D eigenvalue weighted by atomic mass is 10.1. The molecule has 1 aromatic carbocycles. The first-order valence-corrected chi connectivity index (χ1v) is 7.15. The van der Waals surface area contributed by atoms with Crippen LogP contribution < -0.4 is 9.47 Å². The number of aryl methyl sites for hydroxylation is 1. The molecular weight excluding hydrogens is 282 g/mol. The van der Waals surface area contributed by atoms with Crippen LogP contribution in [0.15, 0.2) is 24.5 Å². The molecule has 2 heterocycles. The van der Waals surface area contributed by atoms with Crippen molar-refractivity contribution < 1.29 is 14.3 Å². The molecular formula is C16H19N3O3. The normalized spacial score (nSPS) is 13.7. The fourth-order valence-corrected chi connectivity index (χ4v) is 2.81. The lowest BCUT2D eigenvalue weighted by molar-refractivity contribution is 0.0723. The zero-order chi connectivity index (χ0) is 15.7. The lowest BCUT2D eigenvalue weighted by Gasteiger charge is -2.28. The molecule has 0 saturated heterocycles. The zero-order valence-corrected chi connectivity index (χ0v) is 13.0. The summed E-state index contributed by atoms with van der Waals surface area (Å²) in [5.74, 6) is 0.974. The van der Waals surface area contributed by atoms with Gasteiger partial charge in [0, 0.05) is 20.0 Å². The van der Waals surface area contributed by atoms with E-state index in [9.17, 15) is 4.79 Å². The van der Waals surface area contributed by atoms with Crippen molar-refractivity contribution in [3.8, 4) is 11.5 Å². The van der Waals surface area contributed by atoms with Gasteiger partial charge in [-0.3, -0.25) is 4.79 Å². The Morgan fingerprint density at radius 3 is 2.55 bits per heavy atom. The van der Waals surface area contributed by atoms with Crippen molar-refractivity contribution in [2.75, 3.05) is 20.8 Å². The first-order valence-electron chi connectivity index (χ1n) is 7.15. The van der Waals surface area contributed by atoms with Crippen LogP contribution in [0.4, 0.5) is 0 Å². The minimum absolute atomic E-state index is 0.0823. The van der Waals surface area contributed by atoms with Crippen molar-refractivity contribution in [1.29, 1.82) is 0 Å². The summed E-state index contributed by atoms with van der Waals surface area (Å²) in [5, 5.41) is 0. The second kappa shape index (κ2) is 5.71. The third kappa shape index (κ3) is 2.30. The monoisotopic (exact) mass is 301 g/mol. The van der Waals surface area contributed by atoms with Crippen molar-refractivity contribution in [3.05, 3.63) is 41.5 Å². The number of aromatic nitrogens is 2. The highest BCUT2D eigenvalue weighted by Gasteiger charge is 2.28. The van der Waals surface area contributed by atoms with Gasteiger partial charge in [-0.05, 0) is 12.1 Å². The van der Waals surface area contributed by atoms with Crippen LogP contribution in [0.5, 0.6) is 11.5 Å². The molecule has 1 aromatic heterocycles. The lowest BCUT2D eigenvalue weighted by Crippen LogP contribution is -2.37. The van der Waals surface area contributed by atoms with E-state index in [1.807, 2.05) is 22.6 Å². The van der Waals surface area contributed by atoms with E-state index >= 15 is 0 Å². The maximum atomic E-state index is 12.9. The number of carbonyl (C=O) groups excluding carboxylic acids is 1. The van der Waals surface area contributed by atoms with Crippen LogP contribution in [0, 0.1) is 0 Å². The molecule has 0 fully saturated rings. The van der Waals surface area contributed by atoms with Gasteiger partial charge < -0.3 is 18.9 Å². The molecule has 0 spiro atoms. The Kier molecular flexibility index (Phi) is 3.75. The molecule has 0 atom stereocenters. The van der Waals surface area contributed by atoms with Gasteiger partial charge in [-0.1, -0.05) is 6.07 Å². The van der Waals surface area contributed by atoms with E-state index in [-0.39, 0.29) is 5.91 Å². The number of nitrogens with zero attached hydrogens (tertiary/aromatic N) is 3. The van der Waals surface area contributed by atoms with Gasteiger partial charge in [0.25, 0.3) is 5.91 Å². The second-order valence-corrected chi connectivity index (χ2v) is 5.26. The standard InChI is InChI=1S/C16H19N3O3/c1-18-10-17-11-7-8-19(9-12(11)18)16(20)15-13(21-2)5-4-6-14(15)22-3/h4-6,10H,7-9H2,1-3H3. The molecule has 6 heteroatoms. The van der Waals surface area contributed by atoms with Gasteiger partial charge in [0.2, 0.25) is 0 Å². The molecule has 3 rings (SSSR count). The molecule has 1 aliphatic heterocycles. The Morgan fingerprint density at radius 2 is 1.91 bits per heavy atom.